The number of rotatable bonds is 3. The second kappa shape index (κ2) is 5.31. The van der Waals surface area contributed by atoms with Crippen molar-refractivity contribution in [2.75, 3.05) is 23.4 Å². The predicted molar refractivity (Wildman–Crippen MR) is 78.8 cm³/mol. The van der Waals surface area contributed by atoms with Gasteiger partial charge in [-0.15, -0.1) is 0 Å². The van der Waals surface area contributed by atoms with Crippen LogP contribution in [0.2, 0.25) is 0 Å². The number of fused-ring (bicyclic) bond motifs is 1. The molecule has 2 aliphatic rings. The van der Waals surface area contributed by atoms with Crippen molar-refractivity contribution in [3.63, 3.8) is 0 Å². The lowest BCUT2D eigenvalue weighted by molar-refractivity contribution is 0.600. The van der Waals surface area contributed by atoms with Crippen LogP contribution in [0.5, 0.6) is 0 Å². The standard InChI is InChI=1S/C14H21N3O2S/c1-2-15-14-11-5-3-4-6-12(11)16-13(17-14)10-7-8-20(18,19)9-10/h10H,2-9H2,1H3,(H,15,16,17). The lowest BCUT2D eigenvalue weighted by Gasteiger charge is -2.20. The van der Waals surface area contributed by atoms with Crippen LogP contribution in [0.1, 0.15) is 49.2 Å². The van der Waals surface area contributed by atoms with E-state index in [9.17, 15) is 8.42 Å². The maximum Gasteiger partial charge on any atom is 0.151 e. The van der Waals surface area contributed by atoms with E-state index >= 15 is 0 Å². The summed E-state index contributed by atoms with van der Waals surface area (Å²) in [5.74, 6) is 2.11. The minimum atomic E-state index is -2.89. The molecule has 0 radical (unpaired) electrons. The van der Waals surface area contributed by atoms with Gasteiger partial charge in [-0.05, 0) is 39.0 Å². The Hall–Kier alpha value is -1.17. The number of aryl methyl sites for hydroxylation is 1. The van der Waals surface area contributed by atoms with Crippen molar-refractivity contribution in [1.82, 2.24) is 9.97 Å². The molecule has 1 aliphatic carbocycles. The first kappa shape index (κ1) is 13.8. The van der Waals surface area contributed by atoms with E-state index in [1.807, 2.05) is 0 Å². The van der Waals surface area contributed by atoms with Gasteiger partial charge in [0.05, 0.1) is 11.5 Å². The Balaban J connectivity index is 1.97. The Morgan fingerprint density at radius 2 is 2.05 bits per heavy atom. The fourth-order valence-corrected chi connectivity index (χ4v) is 4.85. The zero-order valence-electron chi connectivity index (χ0n) is 11.9. The number of aromatic nitrogens is 2. The molecule has 110 valence electrons. The smallest absolute Gasteiger partial charge is 0.151 e. The SMILES string of the molecule is CCNc1nc(C2CCS(=O)(=O)C2)nc2c1CCCC2. The highest BCUT2D eigenvalue weighted by atomic mass is 32.2. The summed E-state index contributed by atoms with van der Waals surface area (Å²) in [5.41, 5.74) is 2.37. The highest BCUT2D eigenvalue weighted by Crippen LogP contribution is 2.31. The van der Waals surface area contributed by atoms with Gasteiger partial charge >= 0.3 is 0 Å². The van der Waals surface area contributed by atoms with Crippen LogP contribution in [0.3, 0.4) is 0 Å². The van der Waals surface area contributed by atoms with Gasteiger partial charge in [-0.1, -0.05) is 0 Å². The molecule has 0 bridgehead atoms. The van der Waals surface area contributed by atoms with Crippen molar-refractivity contribution >= 4 is 15.7 Å². The first-order valence-corrected chi connectivity index (χ1v) is 9.25. The van der Waals surface area contributed by atoms with Crippen molar-refractivity contribution in [3.05, 3.63) is 17.1 Å². The second-order valence-electron chi connectivity index (χ2n) is 5.69. The average Bonchev–Trinajstić information content (AvgIpc) is 2.79. The van der Waals surface area contributed by atoms with E-state index in [1.54, 1.807) is 0 Å². The molecule has 1 atom stereocenters. The minimum Gasteiger partial charge on any atom is -0.370 e. The summed E-state index contributed by atoms with van der Waals surface area (Å²) in [7, 11) is -2.89. The summed E-state index contributed by atoms with van der Waals surface area (Å²) in [6, 6.07) is 0. The van der Waals surface area contributed by atoms with Crippen molar-refractivity contribution in [1.29, 1.82) is 0 Å². The van der Waals surface area contributed by atoms with Crippen LogP contribution in [0.25, 0.3) is 0 Å². The molecule has 0 saturated carbocycles. The van der Waals surface area contributed by atoms with Crippen LogP contribution in [-0.4, -0.2) is 36.4 Å². The number of nitrogens with zero attached hydrogens (tertiary/aromatic N) is 2. The first-order chi connectivity index (χ1) is 9.59. The molecule has 0 amide bonds. The zero-order valence-corrected chi connectivity index (χ0v) is 12.7. The molecule has 5 nitrogen and oxygen atoms in total. The predicted octanol–water partition coefficient (Wildman–Crippen LogP) is 1.69. The highest BCUT2D eigenvalue weighted by molar-refractivity contribution is 7.91. The molecule has 1 saturated heterocycles. The van der Waals surface area contributed by atoms with Gasteiger partial charge in [-0.3, -0.25) is 0 Å². The van der Waals surface area contributed by atoms with E-state index < -0.39 is 9.84 Å². The Kier molecular flexibility index (Phi) is 3.67. The highest BCUT2D eigenvalue weighted by Gasteiger charge is 2.32. The van der Waals surface area contributed by atoms with Crippen LogP contribution >= 0.6 is 0 Å². The molecule has 1 N–H and O–H groups in total. The van der Waals surface area contributed by atoms with E-state index in [4.69, 9.17) is 0 Å². The minimum absolute atomic E-state index is 0.0235. The molecular formula is C14H21N3O2S. The van der Waals surface area contributed by atoms with Gasteiger partial charge in [0.25, 0.3) is 0 Å². The molecule has 1 fully saturated rings. The fourth-order valence-electron chi connectivity index (χ4n) is 3.11. The number of anilines is 1. The van der Waals surface area contributed by atoms with Crippen molar-refractivity contribution in [3.8, 4) is 0 Å². The summed E-state index contributed by atoms with van der Waals surface area (Å²) in [5, 5.41) is 3.32. The topological polar surface area (TPSA) is 72.0 Å². The van der Waals surface area contributed by atoms with Gasteiger partial charge in [0.2, 0.25) is 0 Å². The van der Waals surface area contributed by atoms with E-state index in [2.05, 4.69) is 22.2 Å². The molecule has 1 aromatic rings. The maximum absolute atomic E-state index is 11.6. The number of nitrogens with one attached hydrogen (secondary N) is 1. The Bertz CT molecular complexity index is 613. The van der Waals surface area contributed by atoms with Crippen molar-refractivity contribution < 1.29 is 8.42 Å². The van der Waals surface area contributed by atoms with Crippen LogP contribution in [0.4, 0.5) is 5.82 Å². The maximum atomic E-state index is 11.6. The molecule has 3 rings (SSSR count). The molecule has 1 aromatic heterocycles. The number of hydrogen-bond donors (Lipinski definition) is 1. The summed E-state index contributed by atoms with van der Waals surface area (Å²) in [6.07, 6.45) is 5.03. The van der Waals surface area contributed by atoms with Crippen molar-refractivity contribution in [2.24, 2.45) is 0 Å². The van der Waals surface area contributed by atoms with Gasteiger partial charge in [0, 0.05) is 23.7 Å². The summed E-state index contributed by atoms with van der Waals surface area (Å²) < 4.78 is 23.3. The van der Waals surface area contributed by atoms with Crippen LogP contribution in [-0.2, 0) is 22.7 Å². The third-order valence-electron chi connectivity index (χ3n) is 4.14. The largest absolute Gasteiger partial charge is 0.370 e. The van der Waals surface area contributed by atoms with E-state index in [-0.39, 0.29) is 17.4 Å². The fraction of sp³-hybridized carbons (Fsp3) is 0.714. The third-order valence-corrected chi connectivity index (χ3v) is 5.91. The van der Waals surface area contributed by atoms with Crippen LogP contribution in [0, 0.1) is 0 Å². The molecule has 20 heavy (non-hydrogen) atoms. The van der Waals surface area contributed by atoms with Gasteiger partial charge in [-0.25, -0.2) is 18.4 Å². The summed E-state index contributed by atoms with van der Waals surface area (Å²) >= 11 is 0. The molecule has 6 heteroatoms. The quantitative estimate of drug-likeness (QED) is 0.918. The first-order valence-electron chi connectivity index (χ1n) is 7.43. The summed E-state index contributed by atoms with van der Waals surface area (Å²) in [6.45, 7) is 2.88. The molecule has 1 unspecified atom stereocenters. The van der Waals surface area contributed by atoms with Crippen molar-refractivity contribution in [2.45, 2.75) is 44.9 Å². The molecular weight excluding hydrogens is 274 g/mol. The Labute approximate surface area is 120 Å². The normalized spacial score (nSPS) is 24.4. The van der Waals surface area contributed by atoms with Gasteiger partial charge < -0.3 is 5.32 Å². The molecule has 0 aromatic carbocycles. The lowest BCUT2D eigenvalue weighted by atomic mass is 9.95. The van der Waals surface area contributed by atoms with E-state index in [0.29, 0.717) is 6.42 Å². The Morgan fingerprint density at radius 1 is 1.25 bits per heavy atom. The van der Waals surface area contributed by atoms with E-state index in [1.165, 1.54) is 12.0 Å². The van der Waals surface area contributed by atoms with E-state index in [0.717, 1.165) is 43.1 Å². The zero-order chi connectivity index (χ0) is 14.2. The van der Waals surface area contributed by atoms with Gasteiger partial charge in [0.1, 0.15) is 11.6 Å². The van der Waals surface area contributed by atoms with Crippen LogP contribution < -0.4 is 5.32 Å². The number of hydrogen-bond acceptors (Lipinski definition) is 5. The third kappa shape index (κ3) is 2.66. The summed E-state index contributed by atoms with van der Waals surface area (Å²) in [4.78, 5) is 9.32. The monoisotopic (exact) mass is 295 g/mol. The second-order valence-corrected chi connectivity index (χ2v) is 7.92. The molecule has 0 spiro atoms. The molecule has 1 aliphatic heterocycles. The average molecular weight is 295 g/mol. The van der Waals surface area contributed by atoms with Gasteiger partial charge in [-0.2, -0.15) is 0 Å². The van der Waals surface area contributed by atoms with Crippen LogP contribution in [0.15, 0.2) is 0 Å². The molecule has 2 heterocycles. The Morgan fingerprint density at radius 3 is 2.75 bits per heavy atom. The van der Waals surface area contributed by atoms with Gasteiger partial charge in [0.15, 0.2) is 9.84 Å². The lowest BCUT2D eigenvalue weighted by Crippen LogP contribution is -2.17. The number of sulfone groups is 1.